The van der Waals surface area contributed by atoms with Crippen LogP contribution in [0.4, 0.5) is 0 Å². The lowest BCUT2D eigenvalue weighted by molar-refractivity contribution is -0.326. The zero-order valence-electron chi connectivity index (χ0n) is 20.0. The van der Waals surface area contributed by atoms with Crippen molar-refractivity contribution in [2.24, 2.45) is 0 Å². The summed E-state index contributed by atoms with van der Waals surface area (Å²) in [5.74, 6) is -1.05. The van der Waals surface area contributed by atoms with E-state index in [9.17, 15) is 35.1 Å². The molecule has 0 amide bonds. The minimum absolute atomic E-state index is 0.00954. The van der Waals surface area contributed by atoms with Crippen LogP contribution in [0.2, 0.25) is 0 Å². The molecule has 11 nitrogen and oxygen atoms in total. The van der Waals surface area contributed by atoms with Gasteiger partial charge in [0, 0.05) is 0 Å². The van der Waals surface area contributed by atoms with E-state index in [-0.39, 0.29) is 26.1 Å². The number of benzene rings is 2. The minimum atomic E-state index is -2.03. The second kappa shape index (κ2) is 14.4. The first-order valence-corrected chi connectivity index (χ1v) is 11.7. The van der Waals surface area contributed by atoms with Gasteiger partial charge in [-0.3, -0.25) is 4.79 Å². The number of carbonyl (C=O) groups is 2. The maximum absolute atomic E-state index is 12.3. The minimum Gasteiger partial charge on any atom is -0.388 e. The first-order valence-electron chi connectivity index (χ1n) is 11.7. The molecule has 1 aliphatic heterocycles. The average molecular weight is 521 g/mol. The SMILES string of the molecule is O=C[C@H](O)[C@@H](O)[C@H](O[C@@H]1O[C@H](COCc2ccccc2)[C@H](O)[C@H](O)[C@H]1OCc1ccccc1)C(=O)CO. The predicted octanol–water partition coefficient (Wildman–Crippen LogP) is -0.897. The molecule has 0 aromatic heterocycles. The molecule has 11 heteroatoms. The Morgan fingerprint density at radius 2 is 1.54 bits per heavy atom. The molecule has 1 fully saturated rings. The van der Waals surface area contributed by atoms with E-state index >= 15 is 0 Å². The molecular weight excluding hydrogens is 488 g/mol. The highest BCUT2D eigenvalue weighted by Crippen LogP contribution is 2.28. The summed E-state index contributed by atoms with van der Waals surface area (Å²) in [5.41, 5.74) is 1.60. The van der Waals surface area contributed by atoms with Crippen molar-refractivity contribution in [2.75, 3.05) is 13.2 Å². The van der Waals surface area contributed by atoms with Gasteiger partial charge in [0.05, 0.1) is 19.8 Å². The molecule has 0 unspecified atom stereocenters. The number of carbonyl (C=O) groups excluding carboxylic acids is 2. The number of ketones is 1. The summed E-state index contributed by atoms with van der Waals surface area (Å²) in [5, 5.41) is 51.0. The number of aldehydes is 1. The topological polar surface area (TPSA) is 172 Å². The largest absolute Gasteiger partial charge is 0.388 e. The van der Waals surface area contributed by atoms with Gasteiger partial charge in [0.1, 0.15) is 43.2 Å². The van der Waals surface area contributed by atoms with E-state index < -0.39 is 61.4 Å². The van der Waals surface area contributed by atoms with Crippen LogP contribution in [0, 0.1) is 0 Å². The van der Waals surface area contributed by atoms with E-state index in [1.807, 2.05) is 36.4 Å². The predicted molar refractivity (Wildman–Crippen MR) is 127 cm³/mol. The van der Waals surface area contributed by atoms with Crippen molar-refractivity contribution in [1.29, 1.82) is 0 Å². The molecule has 0 bridgehead atoms. The molecule has 0 aliphatic carbocycles. The molecule has 1 heterocycles. The molecule has 3 rings (SSSR count). The summed E-state index contributed by atoms with van der Waals surface area (Å²) >= 11 is 0. The van der Waals surface area contributed by atoms with Crippen LogP contribution in [-0.2, 0) is 41.8 Å². The molecule has 2 aromatic carbocycles. The Labute approximate surface area is 213 Å². The quantitative estimate of drug-likeness (QED) is 0.196. The summed E-state index contributed by atoms with van der Waals surface area (Å²) in [6.07, 6.45) is -13.0. The third-order valence-corrected chi connectivity index (χ3v) is 5.88. The summed E-state index contributed by atoms with van der Waals surface area (Å²) in [6.45, 7) is -1.06. The lowest BCUT2D eigenvalue weighted by Crippen LogP contribution is -2.62. The molecule has 8 atom stereocenters. The smallest absolute Gasteiger partial charge is 0.189 e. The summed E-state index contributed by atoms with van der Waals surface area (Å²) in [7, 11) is 0. The molecule has 0 saturated carbocycles. The van der Waals surface area contributed by atoms with E-state index in [1.54, 1.807) is 24.3 Å². The van der Waals surface area contributed by atoms with Gasteiger partial charge in [-0.05, 0) is 11.1 Å². The Morgan fingerprint density at radius 1 is 0.946 bits per heavy atom. The molecule has 5 N–H and O–H groups in total. The number of ether oxygens (including phenoxy) is 4. The van der Waals surface area contributed by atoms with Crippen LogP contribution in [0.3, 0.4) is 0 Å². The zero-order chi connectivity index (χ0) is 26.8. The van der Waals surface area contributed by atoms with Gasteiger partial charge in [-0.2, -0.15) is 0 Å². The molecule has 37 heavy (non-hydrogen) atoms. The molecule has 1 saturated heterocycles. The van der Waals surface area contributed by atoms with Crippen molar-refractivity contribution >= 4 is 12.1 Å². The highest BCUT2D eigenvalue weighted by atomic mass is 16.7. The number of hydrogen-bond donors (Lipinski definition) is 5. The van der Waals surface area contributed by atoms with E-state index in [2.05, 4.69) is 0 Å². The third kappa shape index (κ3) is 7.95. The van der Waals surface area contributed by atoms with Crippen molar-refractivity contribution in [1.82, 2.24) is 0 Å². The normalized spacial score (nSPS) is 26.2. The third-order valence-electron chi connectivity index (χ3n) is 5.88. The molecule has 202 valence electrons. The van der Waals surface area contributed by atoms with Gasteiger partial charge in [0.15, 0.2) is 24.5 Å². The van der Waals surface area contributed by atoms with Crippen molar-refractivity contribution < 1.29 is 54.1 Å². The first-order chi connectivity index (χ1) is 17.8. The Balaban J connectivity index is 1.78. The fraction of sp³-hybridized carbons (Fsp3) is 0.462. The van der Waals surface area contributed by atoms with Crippen molar-refractivity contribution in [3.63, 3.8) is 0 Å². The number of aliphatic hydroxyl groups is 5. The Kier molecular flexibility index (Phi) is 11.3. The van der Waals surface area contributed by atoms with Crippen LogP contribution >= 0.6 is 0 Å². The van der Waals surface area contributed by atoms with Gasteiger partial charge < -0.3 is 49.3 Å². The summed E-state index contributed by atoms with van der Waals surface area (Å²) < 4.78 is 22.8. The van der Waals surface area contributed by atoms with Gasteiger partial charge in [-0.1, -0.05) is 60.7 Å². The van der Waals surface area contributed by atoms with Crippen LogP contribution in [0.25, 0.3) is 0 Å². The van der Waals surface area contributed by atoms with Crippen LogP contribution in [0.1, 0.15) is 11.1 Å². The molecule has 1 aliphatic rings. The molecule has 0 radical (unpaired) electrons. The van der Waals surface area contributed by atoms with Crippen molar-refractivity contribution in [3.05, 3.63) is 71.8 Å². The second-order valence-corrected chi connectivity index (χ2v) is 8.58. The van der Waals surface area contributed by atoms with Crippen LogP contribution < -0.4 is 0 Å². The van der Waals surface area contributed by atoms with Gasteiger partial charge >= 0.3 is 0 Å². The maximum atomic E-state index is 12.3. The number of rotatable bonds is 14. The fourth-order valence-corrected chi connectivity index (χ4v) is 3.80. The van der Waals surface area contributed by atoms with Crippen LogP contribution in [0.15, 0.2) is 60.7 Å². The number of hydrogen-bond acceptors (Lipinski definition) is 11. The number of aliphatic hydroxyl groups excluding tert-OH is 5. The second-order valence-electron chi connectivity index (χ2n) is 8.58. The maximum Gasteiger partial charge on any atom is 0.189 e. The molecule has 0 spiro atoms. The van der Waals surface area contributed by atoms with Gasteiger partial charge in [-0.15, -0.1) is 0 Å². The van der Waals surface area contributed by atoms with E-state index in [0.717, 1.165) is 11.1 Å². The van der Waals surface area contributed by atoms with Gasteiger partial charge in [0.25, 0.3) is 0 Å². The Bertz CT molecular complexity index is 956. The lowest BCUT2D eigenvalue weighted by Gasteiger charge is -2.43. The Hall–Kier alpha value is -2.58. The van der Waals surface area contributed by atoms with Crippen molar-refractivity contribution in [2.45, 2.75) is 62.2 Å². The van der Waals surface area contributed by atoms with E-state index in [4.69, 9.17) is 18.9 Å². The van der Waals surface area contributed by atoms with Gasteiger partial charge in [0.2, 0.25) is 0 Å². The van der Waals surface area contributed by atoms with Crippen LogP contribution in [-0.4, -0.2) is 99.8 Å². The van der Waals surface area contributed by atoms with Gasteiger partial charge in [-0.25, -0.2) is 0 Å². The standard InChI is InChI=1S/C26H32O11/c27-11-18(29)21(31)24(19(30)12-28)37-26-25(35-14-17-9-5-2-6-10-17)23(33)22(32)20(36-26)15-34-13-16-7-3-1-4-8-16/h1-11,18,20-26,28-29,31-33H,12-15H2/t18-,20+,21+,22-,23-,24+,25+,26-/m0/s1. The highest BCUT2D eigenvalue weighted by Gasteiger charge is 2.48. The fourth-order valence-electron chi connectivity index (χ4n) is 3.80. The lowest BCUT2D eigenvalue weighted by atomic mass is 9.98. The van der Waals surface area contributed by atoms with Crippen molar-refractivity contribution in [3.8, 4) is 0 Å². The average Bonchev–Trinajstić information content (AvgIpc) is 2.93. The molecular formula is C26H32O11. The van der Waals surface area contributed by atoms with Crippen LogP contribution in [0.5, 0.6) is 0 Å². The summed E-state index contributed by atoms with van der Waals surface area (Å²) in [6, 6.07) is 18.1. The highest BCUT2D eigenvalue weighted by molar-refractivity contribution is 5.85. The monoisotopic (exact) mass is 520 g/mol. The van der Waals surface area contributed by atoms with E-state index in [0.29, 0.717) is 0 Å². The summed E-state index contributed by atoms with van der Waals surface area (Å²) in [4.78, 5) is 23.3. The number of Topliss-reactive ketones (excluding diaryl/α,β-unsaturated/α-hetero) is 1. The molecule has 2 aromatic rings. The Morgan fingerprint density at radius 3 is 2.11 bits per heavy atom. The first kappa shape index (κ1) is 29.0. The van der Waals surface area contributed by atoms with E-state index in [1.165, 1.54) is 0 Å². The zero-order valence-corrected chi connectivity index (χ0v) is 20.0.